The number of rotatable bonds is 7. The van der Waals surface area contributed by atoms with E-state index < -0.39 is 10.0 Å². The van der Waals surface area contributed by atoms with Gasteiger partial charge in [0.05, 0.1) is 19.9 Å². The maximum Gasteiger partial charge on any atom is 0.266 e. The van der Waals surface area contributed by atoms with Crippen LogP contribution in [0.25, 0.3) is 0 Å². The van der Waals surface area contributed by atoms with Gasteiger partial charge in [-0.15, -0.1) is 5.10 Å². The Kier molecular flexibility index (Phi) is 6.24. The van der Waals surface area contributed by atoms with E-state index in [9.17, 15) is 8.42 Å². The van der Waals surface area contributed by atoms with E-state index in [4.69, 9.17) is 4.74 Å². The van der Waals surface area contributed by atoms with Crippen LogP contribution >= 0.6 is 0 Å². The Balaban J connectivity index is 1.19. The molecular formula is C20H30N6O3S. The zero-order valence-corrected chi connectivity index (χ0v) is 18.5. The van der Waals surface area contributed by atoms with Crippen LogP contribution in [0.5, 0.6) is 5.75 Å². The molecule has 9 nitrogen and oxygen atoms in total. The number of aryl methyl sites for hydroxylation is 1. The molecule has 0 saturated carbocycles. The van der Waals surface area contributed by atoms with Crippen molar-refractivity contribution in [3.05, 3.63) is 29.3 Å². The quantitative estimate of drug-likeness (QED) is 0.611. The Labute approximate surface area is 178 Å². The van der Waals surface area contributed by atoms with Crippen LogP contribution < -0.4 is 9.64 Å². The number of aromatic nitrogens is 4. The lowest BCUT2D eigenvalue weighted by molar-refractivity contribution is 0.278. The van der Waals surface area contributed by atoms with Crippen LogP contribution in [0, 0.1) is 5.92 Å². The van der Waals surface area contributed by atoms with Crippen LogP contribution in [-0.2, 0) is 30.0 Å². The zero-order valence-electron chi connectivity index (χ0n) is 17.7. The normalized spacial score (nSPS) is 18.4. The molecular weight excluding hydrogens is 404 g/mol. The Bertz CT molecular complexity index is 969. The highest BCUT2D eigenvalue weighted by Crippen LogP contribution is 2.26. The van der Waals surface area contributed by atoms with Gasteiger partial charge in [-0.2, -0.15) is 9.10 Å². The van der Waals surface area contributed by atoms with Crippen LogP contribution in [0.15, 0.2) is 18.2 Å². The fourth-order valence-corrected chi connectivity index (χ4v) is 5.06. The lowest BCUT2D eigenvalue weighted by Gasteiger charge is -2.30. The minimum absolute atomic E-state index is 0.456. The van der Waals surface area contributed by atoms with Gasteiger partial charge in [-0.25, -0.2) is 8.42 Å². The van der Waals surface area contributed by atoms with E-state index in [1.807, 2.05) is 12.1 Å². The Morgan fingerprint density at radius 3 is 2.67 bits per heavy atom. The van der Waals surface area contributed by atoms with Gasteiger partial charge in [0.2, 0.25) is 10.0 Å². The van der Waals surface area contributed by atoms with Crippen LogP contribution in [0.2, 0.25) is 0 Å². The minimum Gasteiger partial charge on any atom is -0.494 e. The highest BCUT2D eigenvalue weighted by atomic mass is 32.2. The third kappa shape index (κ3) is 5.10. The number of anilines is 1. The zero-order chi connectivity index (χ0) is 21.1. The molecule has 30 heavy (non-hydrogen) atoms. The molecule has 2 aliphatic rings. The highest BCUT2D eigenvalue weighted by Gasteiger charge is 2.24. The molecule has 0 aliphatic carbocycles. The van der Waals surface area contributed by atoms with Crippen LogP contribution in [0.4, 0.5) is 5.95 Å². The molecule has 0 bridgehead atoms. The maximum atomic E-state index is 11.7. The summed E-state index contributed by atoms with van der Waals surface area (Å²) >= 11 is 0. The fourth-order valence-electron chi connectivity index (χ4n) is 4.26. The van der Waals surface area contributed by atoms with Crippen molar-refractivity contribution in [2.75, 3.05) is 37.4 Å². The number of nitrogens with zero attached hydrogens (tertiary/aromatic N) is 6. The van der Waals surface area contributed by atoms with Gasteiger partial charge in [-0.05, 0) is 66.5 Å². The molecule has 2 aromatic rings. The summed E-state index contributed by atoms with van der Waals surface area (Å²) in [6.07, 6.45) is 6.50. The van der Waals surface area contributed by atoms with Crippen LogP contribution in [0.3, 0.4) is 0 Å². The van der Waals surface area contributed by atoms with E-state index in [1.54, 1.807) is 7.05 Å². The first-order chi connectivity index (χ1) is 14.4. The fraction of sp³-hybridized carbons (Fsp3) is 0.650. The van der Waals surface area contributed by atoms with Gasteiger partial charge >= 0.3 is 0 Å². The number of sulfonamides is 1. The number of piperidine rings is 1. The first-order valence-corrected chi connectivity index (χ1v) is 12.4. The molecule has 1 aromatic heterocycles. The van der Waals surface area contributed by atoms with Crippen molar-refractivity contribution in [3.8, 4) is 5.75 Å². The van der Waals surface area contributed by atoms with E-state index in [0.717, 1.165) is 62.5 Å². The lowest BCUT2D eigenvalue weighted by atomic mass is 9.92. The molecule has 0 spiro atoms. The molecule has 1 saturated heterocycles. The van der Waals surface area contributed by atoms with E-state index in [0.29, 0.717) is 25.6 Å². The molecule has 0 unspecified atom stereocenters. The summed E-state index contributed by atoms with van der Waals surface area (Å²) in [5.41, 5.74) is 2.26. The van der Waals surface area contributed by atoms with Crippen molar-refractivity contribution in [1.82, 2.24) is 24.5 Å². The number of tetrazole rings is 1. The summed E-state index contributed by atoms with van der Waals surface area (Å²) in [5, 5.41) is 12.3. The molecule has 0 atom stereocenters. The van der Waals surface area contributed by atoms with Gasteiger partial charge in [0.25, 0.3) is 5.95 Å². The second-order valence-electron chi connectivity index (χ2n) is 8.28. The Hall–Kier alpha value is -2.20. The number of benzene rings is 1. The van der Waals surface area contributed by atoms with E-state index in [1.165, 1.54) is 20.9 Å². The van der Waals surface area contributed by atoms with Crippen molar-refractivity contribution in [3.63, 3.8) is 0 Å². The molecule has 10 heteroatoms. The van der Waals surface area contributed by atoms with Gasteiger partial charge in [-0.1, -0.05) is 11.2 Å². The molecule has 0 amide bonds. The smallest absolute Gasteiger partial charge is 0.266 e. The third-order valence-electron chi connectivity index (χ3n) is 6.04. The molecule has 0 radical (unpaired) electrons. The SMILES string of the molecule is Cn1nnc(N2CCC(CCCOc3ccc4c(c3)CCN(S(C)(=O)=O)C4)CC2)n1. The predicted octanol–water partition coefficient (Wildman–Crippen LogP) is 1.60. The van der Waals surface area contributed by atoms with Gasteiger partial charge in [0.15, 0.2) is 0 Å². The average Bonchev–Trinajstić information content (AvgIpc) is 3.17. The Morgan fingerprint density at radius 1 is 1.17 bits per heavy atom. The van der Waals surface area contributed by atoms with Crippen molar-refractivity contribution in [2.24, 2.45) is 13.0 Å². The molecule has 1 fully saturated rings. The van der Waals surface area contributed by atoms with Crippen molar-refractivity contribution in [2.45, 2.75) is 38.6 Å². The van der Waals surface area contributed by atoms with Crippen molar-refractivity contribution < 1.29 is 13.2 Å². The Morgan fingerprint density at radius 2 is 1.97 bits per heavy atom. The largest absolute Gasteiger partial charge is 0.494 e. The summed E-state index contributed by atoms with van der Waals surface area (Å²) in [7, 11) is -1.35. The van der Waals surface area contributed by atoms with Crippen LogP contribution in [0.1, 0.15) is 36.8 Å². The summed E-state index contributed by atoms with van der Waals surface area (Å²) in [6, 6.07) is 6.02. The van der Waals surface area contributed by atoms with Crippen molar-refractivity contribution in [1.29, 1.82) is 0 Å². The summed E-state index contributed by atoms with van der Waals surface area (Å²) in [4.78, 5) is 3.71. The number of ether oxygens (including phenoxy) is 1. The molecule has 1 aromatic carbocycles. The monoisotopic (exact) mass is 434 g/mol. The van der Waals surface area contributed by atoms with Gasteiger partial charge in [-0.3, -0.25) is 0 Å². The second-order valence-corrected chi connectivity index (χ2v) is 10.3. The summed E-state index contributed by atoms with van der Waals surface area (Å²) in [6.45, 7) is 3.66. The third-order valence-corrected chi connectivity index (χ3v) is 7.29. The average molecular weight is 435 g/mol. The predicted molar refractivity (Wildman–Crippen MR) is 114 cm³/mol. The number of hydrogen-bond donors (Lipinski definition) is 0. The molecule has 0 N–H and O–H groups in total. The van der Waals surface area contributed by atoms with Gasteiger partial charge in [0, 0.05) is 26.2 Å². The van der Waals surface area contributed by atoms with E-state index in [2.05, 4.69) is 26.4 Å². The summed E-state index contributed by atoms with van der Waals surface area (Å²) in [5.74, 6) is 2.32. The summed E-state index contributed by atoms with van der Waals surface area (Å²) < 4.78 is 31.0. The van der Waals surface area contributed by atoms with E-state index >= 15 is 0 Å². The van der Waals surface area contributed by atoms with E-state index in [-0.39, 0.29) is 0 Å². The number of hydrogen-bond acceptors (Lipinski definition) is 7. The topological polar surface area (TPSA) is 93.5 Å². The number of fused-ring (bicyclic) bond motifs is 1. The first kappa shape index (κ1) is 21.0. The van der Waals surface area contributed by atoms with Crippen LogP contribution in [-0.4, -0.2) is 65.4 Å². The minimum atomic E-state index is -3.14. The van der Waals surface area contributed by atoms with Gasteiger partial charge in [0.1, 0.15) is 5.75 Å². The molecule has 164 valence electrons. The lowest BCUT2D eigenvalue weighted by Crippen LogP contribution is -2.35. The molecule has 4 rings (SSSR count). The maximum absolute atomic E-state index is 11.7. The first-order valence-electron chi connectivity index (χ1n) is 10.6. The van der Waals surface area contributed by atoms with Crippen molar-refractivity contribution >= 4 is 16.0 Å². The molecule has 2 aliphatic heterocycles. The molecule has 3 heterocycles. The highest BCUT2D eigenvalue weighted by molar-refractivity contribution is 7.88. The second kappa shape index (κ2) is 8.89. The standard InChI is InChI=1S/C20H30N6O3S/c1-24-22-20(21-23-24)25-10-7-16(8-11-25)4-3-13-29-19-6-5-18-15-26(30(2,27)28)12-9-17(18)14-19/h5-6,14,16H,3-4,7-13,15H2,1-2H3. The van der Waals surface area contributed by atoms with Gasteiger partial charge < -0.3 is 9.64 Å².